The van der Waals surface area contributed by atoms with E-state index >= 15 is 0 Å². The van der Waals surface area contributed by atoms with Gasteiger partial charge >= 0.3 is 0 Å². The first-order chi connectivity index (χ1) is 10.6. The van der Waals surface area contributed by atoms with E-state index in [1.54, 1.807) is 11.3 Å². The molecule has 1 saturated carbocycles. The van der Waals surface area contributed by atoms with E-state index in [1.165, 1.54) is 37.0 Å². The first kappa shape index (κ1) is 17.3. The molecule has 2 N–H and O–H groups in total. The lowest BCUT2D eigenvalue weighted by Crippen LogP contribution is -2.44. The molecule has 1 aromatic rings. The third-order valence-corrected chi connectivity index (χ3v) is 5.55. The Kier molecular flexibility index (Phi) is 6.68. The van der Waals surface area contributed by atoms with Gasteiger partial charge in [-0.15, -0.1) is 11.3 Å². The normalized spacial score (nSPS) is 22.6. The predicted octanol–water partition coefficient (Wildman–Crippen LogP) is 3.78. The summed E-state index contributed by atoms with van der Waals surface area (Å²) >= 11 is 1.75. The number of hydrogen-bond donors (Lipinski definition) is 2. The minimum atomic E-state index is 0.574. The van der Waals surface area contributed by atoms with Gasteiger partial charge < -0.3 is 10.6 Å². The second-order valence-electron chi connectivity index (χ2n) is 6.21. The Balaban J connectivity index is 1.91. The molecule has 1 aliphatic rings. The van der Waals surface area contributed by atoms with Crippen LogP contribution in [0.5, 0.6) is 0 Å². The van der Waals surface area contributed by atoms with Crippen LogP contribution in [0, 0.1) is 19.8 Å². The molecule has 1 aliphatic carbocycles. The Morgan fingerprint density at radius 3 is 2.50 bits per heavy atom. The van der Waals surface area contributed by atoms with Crippen molar-refractivity contribution in [2.45, 2.75) is 72.4 Å². The summed E-state index contributed by atoms with van der Waals surface area (Å²) in [5.74, 6) is 1.88. The molecule has 0 unspecified atom stereocenters. The summed E-state index contributed by atoms with van der Waals surface area (Å²) in [5.41, 5.74) is 1.12. The van der Waals surface area contributed by atoms with Gasteiger partial charge in [-0.25, -0.2) is 9.98 Å². The highest BCUT2D eigenvalue weighted by Crippen LogP contribution is 2.26. The third kappa shape index (κ3) is 4.97. The molecule has 4 nitrogen and oxygen atoms in total. The van der Waals surface area contributed by atoms with Gasteiger partial charge in [-0.2, -0.15) is 0 Å². The quantitative estimate of drug-likeness (QED) is 0.640. The highest BCUT2D eigenvalue weighted by molar-refractivity contribution is 7.11. The van der Waals surface area contributed by atoms with Crippen molar-refractivity contribution in [2.24, 2.45) is 10.9 Å². The average Bonchev–Trinajstić information content (AvgIpc) is 2.83. The van der Waals surface area contributed by atoms with Gasteiger partial charge in [-0.3, -0.25) is 0 Å². The molecule has 124 valence electrons. The zero-order chi connectivity index (χ0) is 15.9. The smallest absolute Gasteiger partial charge is 0.191 e. The van der Waals surface area contributed by atoms with Crippen LogP contribution >= 0.6 is 11.3 Å². The average molecular weight is 323 g/mol. The third-order valence-electron chi connectivity index (χ3n) is 4.49. The van der Waals surface area contributed by atoms with Crippen molar-refractivity contribution in [3.63, 3.8) is 0 Å². The molecule has 0 spiro atoms. The number of aromatic nitrogens is 1. The molecule has 0 radical (unpaired) electrons. The summed E-state index contributed by atoms with van der Waals surface area (Å²) in [6.45, 7) is 10.2. The van der Waals surface area contributed by atoms with Crippen molar-refractivity contribution in [3.8, 4) is 0 Å². The SMILES string of the molecule is CCNC(=NCc1sc(C)nc1C)NC1CCC(CC)CC1. The highest BCUT2D eigenvalue weighted by Gasteiger charge is 2.20. The maximum absolute atomic E-state index is 4.76. The molecule has 1 fully saturated rings. The topological polar surface area (TPSA) is 49.3 Å². The Bertz CT molecular complexity index is 487. The number of guanidine groups is 1. The van der Waals surface area contributed by atoms with Crippen molar-refractivity contribution >= 4 is 17.3 Å². The maximum atomic E-state index is 4.76. The van der Waals surface area contributed by atoms with Crippen LogP contribution in [-0.4, -0.2) is 23.5 Å². The fourth-order valence-corrected chi connectivity index (χ4v) is 3.96. The van der Waals surface area contributed by atoms with E-state index < -0.39 is 0 Å². The van der Waals surface area contributed by atoms with Gasteiger partial charge in [0.05, 0.1) is 17.2 Å². The second kappa shape index (κ2) is 8.51. The lowest BCUT2D eigenvalue weighted by Gasteiger charge is -2.29. The van der Waals surface area contributed by atoms with Gasteiger partial charge in [0.25, 0.3) is 0 Å². The Morgan fingerprint density at radius 2 is 1.95 bits per heavy atom. The maximum Gasteiger partial charge on any atom is 0.191 e. The van der Waals surface area contributed by atoms with E-state index in [0.29, 0.717) is 6.04 Å². The van der Waals surface area contributed by atoms with E-state index in [0.717, 1.165) is 35.7 Å². The van der Waals surface area contributed by atoms with Gasteiger partial charge in [-0.1, -0.05) is 13.3 Å². The molecule has 0 bridgehead atoms. The van der Waals surface area contributed by atoms with Crippen LogP contribution in [0.15, 0.2) is 4.99 Å². The number of rotatable bonds is 5. The molecule has 1 heterocycles. The van der Waals surface area contributed by atoms with Gasteiger partial charge in [0.15, 0.2) is 5.96 Å². The van der Waals surface area contributed by atoms with Crippen LogP contribution in [-0.2, 0) is 6.54 Å². The number of nitrogens with one attached hydrogen (secondary N) is 2. The van der Waals surface area contributed by atoms with E-state index in [-0.39, 0.29) is 0 Å². The van der Waals surface area contributed by atoms with Crippen LogP contribution < -0.4 is 10.6 Å². The fourth-order valence-electron chi connectivity index (χ4n) is 3.10. The molecule has 0 aromatic carbocycles. The first-order valence-electron chi connectivity index (χ1n) is 8.60. The van der Waals surface area contributed by atoms with Gasteiger partial charge in [0.2, 0.25) is 0 Å². The van der Waals surface area contributed by atoms with Gasteiger partial charge in [0.1, 0.15) is 0 Å². The summed E-state index contributed by atoms with van der Waals surface area (Å²) < 4.78 is 0. The lowest BCUT2D eigenvalue weighted by atomic mass is 9.84. The molecule has 0 aliphatic heterocycles. The van der Waals surface area contributed by atoms with Crippen molar-refractivity contribution in [2.75, 3.05) is 6.54 Å². The molecular weight excluding hydrogens is 292 g/mol. The first-order valence-corrected chi connectivity index (χ1v) is 9.41. The number of thiazole rings is 1. The molecule has 22 heavy (non-hydrogen) atoms. The van der Waals surface area contributed by atoms with Crippen LogP contribution in [0.4, 0.5) is 0 Å². The molecule has 5 heteroatoms. The zero-order valence-corrected chi connectivity index (χ0v) is 15.2. The van der Waals surface area contributed by atoms with Crippen LogP contribution in [0.1, 0.15) is 61.5 Å². The van der Waals surface area contributed by atoms with Gasteiger partial charge in [-0.05, 0) is 52.4 Å². The molecule has 0 saturated heterocycles. The molecular formula is C17H30N4S. The van der Waals surface area contributed by atoms with E-state index in [2.05, 4.69) is 43.3 Å². The van der Waals surface area contributed by atoms with E-state index in [1.807, 2.05) is 0 Å². The fraction of sp³-hybridized carbons (Fsp3) is 0.765. The minimum absolute atomic E-state index is 0.574. The molecule has 0 atom stereocenters. The monoisotopic (exact) mass is 322 g/mol. The Hall–Kier alpha value is -1.10. The Labute approximate surface area is 138 Å². The summed E-state index contributed by atoms with van der Waals surface area (Å²) in [4.78, 5) is 10.5. The summed E-state index contributed by atoms with van der Waals surface area (Å²) in [5, 5.41) is 8.12. The van der Waals surface area contributed by atoms with Gasteiger partial charge in [0, 0.05) is 17.5 Å². The lowest BCUT2D eigenvalue weighted by molar-refractivity contribution is 0.304. The van der Waals surface area contributed by atoms with Crippen molar-refractivity contribution in [1.82, 2.24) is 15.6 Å². The minimum Gasteiger partial charge on any atom is -0.357 e. The summed E-state index contributed by atoms with van der Waals surface area (Å²) in [6, 6.07) is 0.574. The summed E-state index contributed by atoms with van der Waals surface area (Å²) in [6.07, 6.45) is 6.55. The van der Waals surface area contributed by atoms with Crippen molar-refractivity contribution in [1.29, 1.82) is 0 Å². The van der Waals surface area contributed by atoms with E-state index in [4.69, 9.17) is 4.99 Å². The zero-order valence-electron chi connectivity index (χ0n) is 14.4. The number of nitrogens with zero attached hydrogens (tertiary/aromatic N) is 2. The molecule has 0 amide bonds. The predicted molar refractivity (Wildman–Crippen MR) is 95.6 cm³/mol. The Morgan fingerprint density at radius 1 is 1.23 bits per heavy atom. The van der Waals surface area contributed by atoms with Crippen LogP contribution in [0.25, 0.3) is 0 Å². The number of aryl methyl sites for hydroxylation is 2. The van der Waals surface area contributed by atoms with Crippen LogP contribution in [0.2, 0.25) is 0 Å². The van der Waals surface area contributed by atoms with Crippen molar-refractivity contribution < 1.29 is 0 Å². The summed E-state index contributed by atoms with van der Waals surface area (Å²) in [7, 11) is 0. The molecule has 2 rings (SSSR count). The highest BCUT2D eigenvalue weighted by atomic mass is 32.1. The second-order valence-corrected chi connectivity index (χ2v) is 7.49. The number of hydrogen-bond acceptors (Lipinski definition) is 3. The van der Waals surface area contributed by atoms with E-state index in [9.17, 15) is 0 Å². The van der Waals surface area contributed by atoms with Crippen LogP contribution in [0.3, 0.4) is 0 Å². The largest absolute Gasteiger partial charge is 0.357 e. The molecule has 1 aromatic heterocycles. The number of aliphatic imine (C=N–C) groups is 1. The standard InChI is InChI=1S/C17H30N4S/c1-5-14-7-9-15(10-8-14)21-17(18-6-2)19-11-16-12(3)20-13(4)22-16/h14-15H,5-11H2,1-4H3,(H2,18,19,21). The van der Waals surface area contributed by atoms with Crippen molar-refractivity contribution in [3.05, 3.63) is 15.6 Å².